The molecule has 0 amide bonds. The fourth-order valence-electron chi connectivity index (χ4n) is 0.606. The Bertz CT molecular complexity index is 170. The van der Waals surface area contributed by atoms with Gasteiger partial charge in [-0.25, -0.2) is 4.39 Å². The largest absolute Gasteiger partial charge is 0.207 e. The van der Waals surface area contributed by atoms with E-state index in [-0.39, 0.29) is 5.82 Å². The lowest BCUT2D eigenvalue weighted by atomic mass is 10.2. The van der Waals surface area contributed by atoms with Gasteiger partial charge in [0.1, 0.15) is 5.82 Å². The Hall–Kier alpha value is -0.120. The predicted octanol–water partition coefficient (Wildman–Crippen LogP) is 5.24. The summed E-state index contributed by atoms with van der Waals surface area (Å²) in [5, 5.41) is 0. The molecule has 1 aromatic carbocycles. The lowest BCUT2D eigenvalue weighted by molar-refractivity contribution is 0.626. The number of aryl methyl sites for hydroxylation is 1. The van der Waals surface area contributed by atoms with Crippen molar-refractivity contribution < 1.29 is 4.39 Å². The zero-order chi connectivity index (χ0) is 12.0. The third-order valence-electron chi connectivity index (χ3n) is 0.980. The molecule has 0 aromatic heterocycles. The Labute approximate surface area is 102 Å². The van der Waals surface area contributed by atoms with Crippen molar-refractivity contribution in [3.63, 3.8) is 0 Å². The highest BCUT2D eigenvalue weighted by molar-refractivity contribution is 14.1. The Morgan fingerprint density at radius 2 is 1.43 bits per heavy atom. The summed E-state index contributed by atoms with van der Waals surface area (Å²) in [6.45, 7) is 9.86. The second-order valence-electron chi connectivity index (χ2n) is 1.80. The minimum absolute atomic E-state index is 0.162. The van der Waals surface area contributed by atoms with E-state index in [1.54, 1.807) is 6.07 Å². The molecule has 14 heavy (non-hydrogen) atoms. The standard InChI is InChI=1S/C7H7F.2C2H6.CH3I/c1-6-3-2-4-7(8)5-6;3*1-2/h2-5H,1H3;2*1-2H3;1H3. The molecule has 0 saturated carbocycles. The van der Waals surface area contributed by atoms with Gasteiger partial charge in [0.15, 0.2) is 0 Å². The van der Waals surface area contributed by atoms with Crippen molar-refractivity contribution in [2.24, 2.45) is 0 Å². The van der Waals surface area contributed by atoms with E-state index >= 15 is 0 Å². The van der Waals surface area contributed by atoms with Gasteiger partial charge in [0.25, 0.3) is 0 Å². The van der Waals surface area contributed by atoms with Gasteiger partial charge in [-0.05, 0) is 29.6 Å². The van der Waals surface area contributed by atoms with E-state index in [1.807, 2.05) is 45.6 Å². The lowest BCUT2D eigenvalue weighted by Gasteiger charge is -1.87. The SMILES string of the molecule is CC.CC.CI.Cc1cccc(F)c1. The zero-order valence-corrected chi connectivity index (χ0v) is 12.2. The van der Waals surface area contributed by atoms with Crippen LogP contribution in [0.2, 0.25) is 0 Å². The van der Waals surface area contributed by atoms with Gasteiger partial charge in [0.05, 0.1) is 0 Å². The summed E-state index contributed by atoms with van der Waals surface area (Å²) < 4.78 is 12.2. The molecule has 1 aromatic rings. The maximum Gasteiger partial charge on any atom is 0.123 e. The van der Waals surface area contributed by atoms with Gasteiger partial charge in [-0.3, -0.25) is 0 Å². The van der Waals surface area contributed by atoms with Crippen molar-refractivity contribution in [2.45, 2.75) is 34.6 Å². The number of hydrogen-bond acceptors (Lipinski definition) is 0. The van der Waals surface area contributed by atoms with E-state index in [9.17, 15) is 4.39 Å². The molecule has 2 heteroatoms. The fourth-order valence-corrected chi connectivity index (χ4v) is 0.606. The minimum atomic E-state index is -0.162. The van der Waals surface area contributed by atoms with Gasteiger partial charge in [-0.2, -0.15) is 0 Å². The molecule has 0 N–H and O–H groups in total. The Morgan fingerprint density at radius 3 is 1.64 bits per heavy atom. The summed E-state index contributed by atoms with van der Waals surface area (Å²) in [4.78, 5) is 1.97. The van der Waals surface area contributed by atoms with Crippen LogP contribution in [0.3, 0.4) is 0 Å². The second-order valence-corrected chi connectivity index (χ2v) is 1.80. The smallest absolute Gasteiger partial charge is 0.123 e. The molecule has 0 bridgehead atoms. The third-order valence-corrected chi connectivity index (χ3v) is 0.980. The first-order valence-corrected chi connectivity index (χ1v) is 7.05. The molecule has 1 rings (SSSR count). The van der Waals surface area contributed by atoms with Crippen molar-refractivity contribution in [2.75, 3.05) is 4.93 Å². The van der Waals surface area contributed by atoms with Gasteiger partial charge in [0, 0.05) is 0 Å². The van der Waals surface area contributed by atoms with Crippen LogP contribution in [-0.2, 0) is 0 Å². The van der Waals surface area contributed by atoms with Crippen LogP contribution in [0.15, 0.2) is 24.3 Å². The number of hydrogen-bond donors (Lipinski definition) is 0. The van der Waals surface area contributed by atoms with Crippen LogP contribution in [0.4, 0.5) is 4.39 Å². The monoisotopic (exact) mass is 312 g/mol. The Kier molecular flexibility index (Phi) is 25.9. The molecule has 84 valence electrons. The summed E-state index contributed by atoms with van der Waals surface area (Å²) in [6.07, 6.45) is 0. The van der Waals surface area contributed by atoms with E-state index in [0.29, 0.717) is 0 Å². The van der Waals surface area contributed by atoms with Gasteiger partial charge in [-0.1, -0.05) is 62.4 Å². The summed E-state index contributed by atoms with van der Waals surface area (Å²) in [5.74, 6) is -0.162. The van der Waals surface area contributed by atoms with Crippen molar-refractivity contribution in [3.8, 4) is 0 Å². The van der Waals surface area contributed by atoms with Crippen molar-refractivity contribution in [3.05, 3.63) is 35.6 Å². The molecule has 0 saturated heterocycles. The van der Waals surface area contributed by atoms with Crippen LogP contribution in [0.1, 0.15) is 33.3 Å². The average molecular weight is 312 g/mol. The van der Waals surface area contributed by atoms with Crippen molar-refractivity contribution in [1.29, 1.82) is 0 Å². The second kappa shape index (κ2) is 18.6. The van der Waals surface area contributed by atoms with Crippen LogP contribution in [0, 0.1) is 12.7 Å². The van der Waals surface area contributed by atoms with Crippen molar-refractivity contribution >= 4 is 22.6 Å². The van der Waals surface area contributed by atoms with Gasteiger partial charge in [0.2, 0.25) is 0 Å². The first-order valence-electron chi connectivity index (χ1n) is 4.89. The third kappa shape index (κ3) is 14.4. The van der Waals surface area contributed by atoms with Crippen LogP contribution in [-0.4, -0.2) is 4.93 Å². The highest BCUT2D eigenvalue weighted by Crippen LogP contribution is 1.99. The maximum absolute atomic E-state index is 12.2. The molecular formula is C12H22FI. The highest BCUT2D eigenvalue weighted by atomic mass is 127. The number of benzene rings is 1. The number of alkyl halides is 1. The molecule has 0 heterocycles. The molecule has 0 spiro atoms. The van der Waals surface area contributed by atoms with Gasteiger partial charge in [-0.15, -0.1) is 0 Å². The number of halogens is 2. The van der Waals surface area contributed by atoms with Gasteiger partial charge >= 0.3 is 0 Å². The first kappa shape index (κ1) is 19.5. The zero-order valence-electron chi connectivity index (χ0n) is 10.1. The number of rotatable bonds is 0. The summed E-state index contributed by atoms with van der Waals surface area (Å²) in [7, 11) is 0. The molecular weight excluding hydrogens is 290 g/mol. The fraction of sp³-hybridized carbons (Fsp3) is 0.500. The molecule has 0 radical (unpaired) electrons. The van der Waals surface area contributed by atoms with E-state index in [2.05, 4.69) is 22.6 Å². The molecule has 0 aliphatic rings. The molecule has 0 fully saturated rings. The molecule has 0 nitrogen and oxygen atoms in total. The summed E-state index contributed by atoms with van der Waals surface area (Å²) >= 11 is 2.15. The Balaban J connectivity index is -0.000000174. The Morgan fingerprint density at radius 1 is 1.00 bits per heavy atom. The van der Waals surface area contributed by atoms with Crippen LogP contribution in [0.5, 0.6) is 0 Å². The normalized spacial score (nSPS) is 6.57. The minimum Gasteiger partial charge on any atom is -0.207 e. The highest BCUT2D eigenvalue weighted by Gasteiger charge is 1.84. The molecule has 0 unspecified atom stereocenters. The molecule has 0 aliphatic carbocycles. The predicted molar refractivity (Wildman–Crippen MR) is 73.8 cm³/mol. The van der Waals surface area contributed by atoms with Gasteiger partial charge < -0.3 is 0 Å². The topological polar surface area (TPSA) is 0 Å². The lowest BCUT2D eigenvalue weighted by Crippen LogP contribution is -1.72. The first-order chi connectivity index (χ1) is 6.79. The summed E-state index contributed by atoms with van der Waals surface area (Å²) in [6, 6.07) is 6.50. The summed E-state index contributed by atoms with van der Waals surface area (Å²) in [5.41, 5.74) is 0.963. The van der Waals surface area contributed by atoms with E-state index in [0.717, 1.165) is 5.56 Å². The van der Waals surface area contributed by atoms with Crippen LogP contribution in [0.25, 0.3) is 0 Å². The molecule has 0 aliphatic heterocycles. The van der Waals surface area contributed by atoms with E-state index in [4.69, 9.17) is 0 Å². The van der Waals surface area contributed by atoms with E-state index in [1.165, 1.54) is 12.1 Å². The van der Waals surface area contributed by atoms with Crippen LogP contribution >= 0.6 is 22.6 Å². The van der Waals surface area contributed by atoms with Crippen LogP contribution < -0.4 is 0 Å². The quantitative estimate of drug-likeness (QED) is 0.454. The molecule has 0 atom stereocenters. The van der Waals surface area contributed by atoms with E-state index < -0.39 is 0 Å². The average Bonchev–Trinajstić information content (AvgIpc) is 2.26. The van der Waals surface area contributed by atoms with Crippen molar-refractivity contribution in [1.82, 2.24) is 0 Å². The maximum atomic E-state index is 12.2.